The molecule has 28 heavy (non-hydrogen) atoms. The van der Waals surface area contributed by atoms with E-state index in [0.29, 0.717) is 30.9 Å². The molecule has 0 radical (unpaired) electrons. The standard InChI is InChI=1S/C20H24N2O5S/c1-21(12-11-19(23)24)13-14-27-20-15-7-3-5-9-17(15)22(2)28(25,26)18-10-6-4-8-16(18)20/h3-10,20H,11-14H2,1-2H3,(H,23,24). The van der Waals surface area contributed by atoms with Crippen LogP contribution in [-0.4, -0.2) is 58.2 Å². The van der Waals surface area contributed by atoms with E-state index in [1.54, 1.807) is 43.4 Å². The van der Waals surface area contributed by atoms with E-state index < -0.39 is 22.1 Å². The lowest BCUT2D eigenvalue weighted by Gasteiger charge is -2.23. The van der Waals surface area contributed by atoms with Gasteiger partial charge in [-0.3, -0.25) is 9.10 Å². The van der Waals surface area contributed by atoms with E-state index in [9.17, 15) is 13.2 Å². The second kappa shape index (κ2) is 8.30. The Morgan fingerprint density at radius 3 is 2.46 bits per heavy atom. The van der Waals surface area contributed by atoms with Crippen LogP contribution in [0.15, 0.2) is 53.4 Å². The molecular formula is C20H24N2O5S. The van der Waals surface area contributed by atoms with Crippen LogP contribution in [0.5, 0.6) is 0 Å². The summed E-state index contributed by atoms with van der Waals surface area (Å²) in [6.45, 7) is 1.30. The van der Waals surface area contributed by atoms with Crippen molar-refractivity contribution >= 4 is 21.7 Å². The minimum atomic E-state index is -3.69. The number of anilines is 1. The van der Waals surface area contributed by atoms with Gasteiger partial charge in [0.2, 0.25) is 0 Å². The summed E-state index contributed by atoms with van der Waals surface area (Å²) in [5.74, 6) is -0.840. The van der Waals surface area contributed by atoms with Crippen molar-refractivity contribution in [2.24, 2.45) is 0 Å². The smallest absolute Gasteiger partial charge is 0.304 e. The molecule has 0 spiro atoms. The fraction of sp³-hybridized carbons (Fsp3) is 0.350. The summed E-state index contributed by atoms with van der Waals surface area (Å²) < 4.78 is 33.6. The molecule has 1 atom stereocenters. The van der Waals surface area contributed by atoms with Crippen LogP contribution < -0.4 is 4.31 Å². The molecular weight excluding hydrogens is 380 g/mol. The van der Waals surface area contributed by atoms with Crippen LogP contribution in [0.3, 0.4) is 0 Å². The number of nitrogens with zero attached hydrogens (tertiary/aromatic N) is 2. The minimum Gasteiger partial charge on any atom is -0.481 e. The van der Waals surface area contributed by atoms with Gasteiger partial charge in [0.05, 0.1) is 23.6 Å². The van der Waals surface area contributed by atoms with Crippen molar-refractivity contribution in [2.75, 3.05) is 38.1 Å². The predicted octanol–water partition coefficient (Wildman–Crippen LogP) is 2.34. The van der Waals surface area contributed by atoms with E-state index in [2.05, 4.69) is 0 Å². The number of carbonyl (C=O) groups is 1. The fourth-order valence-electron chi connectivity index (χ4n) is 3.28. The van der Waals surface area contributed by atoms with Crippen LogP contribution in [0.25, 0.3) is 0 Å². The number of rotatable bonds is 7. The third-order valence-electron chi connectivity index (χ3n) is 4.86. The summed E-state index contributed by atoms with van der Waals surface area (Å²) in [6.07, 6.45) is -0.464. The molecule has 0 bridgehead atoms. The predicted molar refractivity (Wildman–Crippen MR) is 106 cm³/mol. The van der Waals surface area contributed by atoms with Gasteiger partial charge in [0, 0.05) is 31.3 Å². The zero-order valence-electron chi connectivity index (χ0n) is 15.9. The van der Waals surface area contributed by atoms with E-state index >= 15 is 0 Å². The van der Waals surface area contributed by atoms with Crippen LogP contribution in [0.2, 0.25) is 0 Å². The summed E-state index contributed by atoms with van der Waals surface area (Å²) in [5.41, 5.74) is 1.97. The monoisotopic (exact) mass is 404 g/mol. The van der Waals surface area contributed by atoms with Crippen molar-refractivity contribution in [1.29, 1.82) is 0 Å². The second-order valence-corrected chi connectivity index (χ2v) is 8.70. The lowest BCUT2D eigenvalue weighted by molar-refractivity contribution is -0.137. The Balaban J connectivity index is 1.90. The van der Waals surface area contributed by atoms with Crippen LogP contribution >= 0.6 is 0 Å². The number of benzene rings is 2. The first-order valence-corrected chi connectivity index (χ1v) is 10.4. The molecule has 8 heteroatoms. The topological polar surface area (TPSA) is 87.2 Å². The molecule has 2 aromatic rings. The van der Waals surface area contributed by atoms with Crippen molar-refractivity contribution in [3.63, 3.8) is 0 Å². The summed E-state index contributed by atoms with van der Waals surface area (Å²) >= 11 is 0. The minimum absolute atomic E-state index is 0.0641. The number of aliphatic carboxylic acids is 1. The van der Waals surface area contributed by atoms with Crippen molar-refractivity contribution in [3.8, 4) is 0 Å². The van der Waals surface area contributed by atoms with Crippen LogP contribution in [-0.2, 0) is 19.6 Å². The number of para-hydroxylation sites is 1. The Labute approximate surface area is 165 Å². The molecule has 3 rings (SSSR count). The van der Waals surface area contributed by atoms with E-state index in [1.807, 2.05) is 24.1 Å². The number of carboxylic acid groups (broad SMARTS) is 1. The molecule has 150 valence electrons. The number of hydrogen-bond acceptors (Lipinski definition) is 5. The van der Waals surface area contributed by atoms with E-state index in [4.69, 9.17) is 9.84 Å². The van der Waals surface area contributed by atoms with Gasteiger partial charge >= 0.3 is 5.97 Å². The molecule has 1 N–H and O–H groups in total. The van der Waals surface area contributed by atoms with Gasteiger partial charge in [-0.2, -0.15) is 0 Å². The van der Waals surface area contributed by atoms with E-state index in [-0.39, 0.29) is 11.3 Å². The van der Waals surface area contributed by atoms with Gasteiger partial charge in [-0.15, -0.1) is 0 Å². The molecule has 0 saturated carbocycles. The SMILES string of the molecule is CN(CCOC1c2ccccc2N(C)S(=O)(=O)c2ccccc21)CCC(=O)O. The zero-order valence-corrected chi connectivity index (χ0v) is 16.7. The Kier molecular flexibility index (Phi) is 6.02. The van der Waals surface area contributed by atoms with Gasteiger partial charge in [0.1, 0.15) is 6.10 Å². The molecule has 0 fully saturated rings. The van der Waals surface area contributed by atoms with Crippen molar-refractivity contribution in [1.82, 2.24) is 4.90 Å². The maximum Gasteiger partial charge on any atom is 0.304 e. The summed E-state index contributed by atoms with van der Waals surface area (Å²) in [6, 6.07) is 14.2. The largest absolute Gasteiger partial charge is 0.481 e. The number of likely N-dealkylation sites (N-methyl/N-ethyl adjacent to an activating group) is 1. The molecule has 1 aliphatic rings. The van der Waals surface area contributed by atoms with Gasteiger partial charge < -0.3 is 14.7 Å². The van der Waals surface area contributed by atoms with Crippen LogP contribution in [0.4, 0.5) is 5.69 Å². The van der Waals surface area contributed by atoms with Gasteiger partial charge in [0.15, 0.2) is 0 Å². The Hall–Kier alpha value is -2.42. The third-order valence-corrected chi connectivity index (χ3v) is 6.71. The van der Waals surface area contributed by atoms with E-state index in [1.165, 1.54) is 4.31 Å². The average molecular weight is 404 g/mol. The van der Waals surface area contributed by atoms with E-state index in [0.717, 1.165) is 5.56 Å². The van der Waals surface area contributed by atoms with Gasteiger partial charge in [-0.25, -0.2) is 8.42 Å². The number of fused-ring (bicyclic) bond motifs is 2. The third kappa shape index (κ3) is 4.04. The van der Waals surface area contributed by atoms with Crippen molar-refractivity contribution < 1.29 is 23.1 Å². The summed E-state index contributed by atoms with van der Waals surface area (Å²) in [7, 11) is -0.304. The van der Waals surface area contributed by atoms with Crippen LogP contribution in [0, 0.1) is 0 Å². The lowest BCUT2D eigenvalue weighted by Crippen LogP contribution is -2.26. The van der Waals surface area contributed by atoms with Crippen LogP contribution in [0.1, 0.15) is 23.7 Å². The summed E-state index contributed by atoms with van der Waals surface area (Å²) in [4.78, 5) is 12.8. The second-order valence-electron chi connectivity index (χ2n) is 6.77. The maximum atomic E-state index is 13.1. The first kappa shape index (κ1) is 20.3. The van der Waals surface area contributed by atoms with Crippen molar-refractivity contribution in [2.45, 2.75) is 17.4 Å². The molecule has 0 saturated heterocycles. The highest BCUT2D eigenvalue weighted by atomic mass is 32.2. The highest BCUT2D eigenvalue weighted by Gasteiger charge is 2.35. The molecule has 1 aliphatic heterocycles. The molecule has 1 heterocycles. The molecule has 1 unspecified atom stereocenters. The fourth-order valence-corrected chi connectivity index (χ4v) is 4.72. The number of carboxylic acids is 1. The Morgan fingerprint density at radius 2 is 1.75 bits per heavy atom. The molecule has 0 aromatic heterocycles. The highest BCUT2D eigenvalue weighted by Crippen LogP contribution is 2.41. The average Bonchev–Trinajstić information content (AvgIpc) is 2.75. The molecule has 0 aliphatic carbocycles. The Morgan fingerprint density at radius 1 is 1.11 bits per heavy atom. The molecule has 7 nitrogen and oxygen atoms in total. The molecule has 0 amide bonds. The number of ether oxygens (including phenoxy) is 1. The number of hydrogen-bond donors (Lipinski definition) is 1. The molecule has 2 aromatic carbocycles. The normalized spacial score (nSPS) is 17.7. The summed E-state index contributed by atoms with van der Waals surface area (Å²) in [5, 5.41) is 8.80. The first-order chi connectivity index (χ1) is 13.3. The van der Waals surface area contributed by atoms with Gasteiger partial charge in [-0.1, -0.05) is 36.4 Å². The first-order valence-electron chi connectivity index (χ1n) is 9.01. The lowest BCUT2D eigenvalue weighted by atomic mass is 9.99. The zero-order chi connectivity index (χ0) is 20.3. The van der Waals surface area contributed by atoms with Gasteiger partial charge in [0.25, 0.3) is 10.0 Å². The maximum absolute atomic E-state index is 13.1. The van der Waals surface area contributed by atoms with Crippen molar-refractivity contribution in [3.05, 3.63) is 59.7 Å². The quantitative estimate of drug-likeness (QED) is 0.762. The number of sulfonamides is 1. The van der Waals surface area contributed by atoms with Gasteiger partial charge in [-0.05, 0) is 19.2 Å². The Bertz CT molecular complexity index is 961. The highest BCUT2D eigenvalue weighted by molar-refractivity contribution is 7.92.